The first kappa shape index (κ1) is 12.9. The fraction of sp³-hybridized carbons (Fsp3) is 0.571. The van der Waals surface area contributed by atoms with Crippen molar-refractivity contribution in [3.05, 3.63) is 28.2 Å². The van der Waals surface area contributed by atoms with Gasteiger partial charge in [0.15, 0.2) is 0 Å². The summed E-state index contributed by atoms with van der Waals surface area (Å²) in [5, 5.41) is 0. The highest BCUT2D eigenvalue weighted by Gasteiger charge is 2.16. The highest BCUT2D eigenvalue weighted by atomic mass is 79.9. The van der Waals surface area contributed by atoms with E-state index in [0.717, 1.165) is 16.7 Å². The van der Waals surface area contributed by atoms with Crippen molar-refractivity contribution in [1.29, 1.82) is 0 Å². The molecule has 1 unspecified atom stereocenters. The second kappa shape index (κ2) is 5.87. The van der Waals surface area contributed by atoms with Crippen LogP contribution in [0.15, 0.2) is 22.7 Å². The predicted octanol–water partition coefficient (Wildman–Crippen LogP) is 3.80. The molecule has 1 aliphatic heterocycles. The van der Waals surface area contributed by atoms with Crippen LogP contribution in [0.5, 0.6) is 0 Å². The van der Waals surface area contributed by atoms with Gasteiger partial charge < -0.3 is 5.73 Å². The zero-order valence-electron chi connectivity index (χ0n) is 10.5. The summed E-state index contributed by atoms with van der Waals surface area (Å²) in [5.41, 5.74) is 7.98. The minimum Gasteiger partial charge on any atom is -0.398 e. The fourth-order valence-corrected chi connectivity index (χ4v) is 2.90. The number of hydrogen-bond acceptors (Lipinski definition) is 2. The van der Waals surface area contributed by atoms with Crippen molar-refractivity contribution >= 4 is 21.6 Å². The number of nitrogens with two attached hydrogens (primary N) is 1. The normalized spacial score (nSPS) is 22.4. The zero-order valence-corrected chi connectivity index (χ0v) is 12.0. The molecule has 17 heavy (non-hydrogen) atoms. The van der Waals surface area contributed by atoms with Crippen molar-refractivity contribution < 1.29 is 0 Å². The number of halogens is 1. The molecule has 1 aromatic carbocycles. The van der Waals surface area contributed by atoms with Gasteiger partial charge in [-0.3, -0.25) is 4.90 Å². The molecule has 0 radical (unpaired) electrons. The van der Waals surface area contributed by atoms with Gasteiger partial charge in [0, 0.05) is 22.7 Å². The minimum atomic E-state index is 0.703. The van der Waals surface area contributed by atoms with E-state index in [4.69, 9.17) is 5.73 Å². The van der Waals surface area contributed by atoms with E-state index >= 15 is 0 Å². The van der Waals surface area contributed by atoms with Crippen LogP contribution >= 0.6 is 15.9 Å². The molecule has 1 saturated heterocycles. The molecule has 94 valence electrons. The lowest BCUT2D eigenvalue weighted by atomic mass is 10.1. The largest absolute Gasteiger partial charge is 0.398 e. The minimum absolute atomic E-state index is 0.703. The van der Waals surface area contributed by atoms with Gasteiger partial charge in [0.2, 0.25) is 0 Å². The first-order chi connectivity index (χ1) is 8.16. The van der Waals surface area contributed by atoms with E-state index in [0.29, 0.717) is 6.04 Å². The second-order valence-electron chi connectivity index (χ2n) is 5.02. The number of hydrogen-bond donors (Lipinski definition) is 1. The number of rotatable bonds is 2. The van der Waals surface area contributed by atoms with Gasteiger partial charge in [0.1, 0.15) is 0 Å². The van der Waals surface area contributed by atoms with Gasteiger partial charge in [-0.15, -0.1) is 0 Å². The molecule has 0 amide bonds. The number of benzene rings is 1. The summed E-state index contributed by atoms with van der Waals surface area (Å²) >= 11 is 3.50. The van der Waals surface area contributed by atoms with Crippen LogP contribution in [0.3, 0.4) is 0 Å². The quantitative estimate of drug-likeness (QED) is 0.841. The van der Waals surface area contributed by atoms with Gasteiger partial charge in [0.05, 0.1) is 0 Å². The van der Waals surface area contributed by atoms with Crippen LogP contribution < -0.4 is 5.73 Å². The summed E-state index contributed by atoms with van der Waals surface area (Å²) in [4.78, 5) is 2.59. The van der Waals surface area contributed by atoms with Gasteiger partial charge in [-0.2, -0.15) is 0 Å². The Balaban J connectivity index is 2.05. The lowest BCUT2D eigenvalue weighted by Gasteiger charge is -2.27. The molecular formula is C14H21BrN2. The molecule has 1 atom stereocenters. The molecule has 0 bridgehead atoms. The Morgan fingerprint density at radius 1 is 1.35 bits per heavy atom. The van der Waals surface area contributed by atoms with Crippen molar-refractivity contribution in [3.63, 3.8) is 0 Å². The number of nitrogens with zero attached hydrogens (tertiary/aromatic N) is 1. The third kappa shape index (κ3) is 3.46. The molecule has 2 nitrogen and oxygen atoms in total. The molecule has 3 heteroatoms. The summed E-state index contributed by atoms with van der Waals surface area (Å²) in [6, 6.07) is 6.97. The van der Waals surface area contributed by atoms with Crippen molar-refractivity contribution in [3.8, 4) is 0 Å². The molecule has 1 aromatic rings. The van der Waals surface area contributed by atoms with Crippen molar-refractivity contribution in [2.24, 2.45) is 0 Å². The van der Waals surface area contributed by atoms with Gasteiger partial charge >= 0.3 is 0 Å². The van der Waals surface area contributed by atoms with Gasteiger partial charge in [-0.05, 0) is 59.9 Å². The highest BCUT2D eigenvalue weighted by molar-refractivity contribution is 9.10. The Morgan fingerprint density at radius 3 is 2.94 bits per heavy atom. The summed E-state index contributed by atoms with van der Waals surface area (Å²) in [6.07, 6.45) is 5.42. The first-order valence-electron chi connectivity index (χ1n) is 6.45. The maximum atomic E-state index is 5.81. The lowest BCUT2D eigenvalue weighted by molar-refractivity contribution is 0.205. The maximum absolute atomic E-state index is 5.81. The molecule has 0 saturated carbocycles. The lowest BCUT2D eigenvalue weighted by Crippen LogP contribution is -2.31. The number of anilines is 1. The topological polar surface area (TPSA) is 29.3 Å². The van der Waals surface area contributed by atoms with Crippen LogP contribution in [0.4, 0.5) is 5.69 Å². The predicted molar refractivity (Wildman–Crippen MR) is 76.9 cm³/mol. The molecule has 1 fully saturated rings. The molecule has 2 rings (SSSR count). The van der Waals surface area contributed by atoms with Crippen molar-refractivity contribution in [1.82, 2.24) is 4.90 Å². The molecule has 2 N–H and O–H groups in total. The van der Waals surface area contributed by atoms with Crippen molar-refractivity contribution in [2.45, 2.75) is 45.2 Å². The Kier molecular flexibility index (Phi) is 4.46. The van der Waals surface area contributed by atoms with E-state index in [-0.39, 0.29) is 0 Å². The van der Waals surface area contributed by atoms with E-state index in [1.165, 1.54) is 37.8 Å². The summed E-state index contributed by atoms with van der Waals surface area (Å²) in [5.74, 6) is 0. The Bertz CT molecular complexity index is 378. The maximum Gasteiger partial charge on any atom is 0.0458 e. The summed E-state index contributed by atoms with van der Waals surface area (Å²) < 4.78 is 1.01. The molecule has 0 aliphatic carbocycles. The third-order valence-corrected chi connectivity index (χ3v) is 4.33. The van der Waals surface area contributed by atoms with E-state index in [9.17, 15) is 0 Å². The highest BCUT2D eigenvalue weighted by Crippen LogP contribution is 2.23. The van der Waals surface area contributed by atoms with Crippen LogP contribution in [0.2, 0.25) is 0 Å². The third-order valence-electron chi connectivity index (χ3n) is 3.64. The van der Waals surface area contributed by atoms with E-state index in [1.807, 2.05) is 6.07 Å². The molecule has 1 heterocycles. The SMILES string of the molecule is CC1CCCCCN1Cc1ccc(N)c(Br)c1. The number of nitrogen functional groups attached to an aromatic ring is 1. The monoisotopic (exact) mass is 296 g/mol. The van der Waals surface area contributed by atoms with E-state index in [2.05, 4.69) is 39.9 Å². The van der Waals surface area contributed by atoms with Crippen molar-refractivity contribution in [2.75, 3.05) is 12.3 Å². The van der Waals surface area contributed by atoms with E-state index in [1.54, 1.807) is 0 Å². The Hall–Kier alpha value is -0.540. The van der Waals surface area contributed by atoms with Crippen LogP contribution in [0.25, 0.3) is 0 Å². The van der Waals surface area contributed by atoms with E-state index < -0.39 is 0 Å². The summed E-state index contributed by atoms with van der Waals surface area (Å²) in [7, 11) is 0. The molecule has 1 aliphatic rings. The molecular weight excluding hydrogens is 276 g/mol. The first-order valence-corrected chi connectivity index (χ1v) is 7.24. The zero-order chi connectivity index (χ0) is 12.3. The smallest absolute Gasteiger partial charge is 0.0458 e. The molecule has 0 aromatic heterocycles. The average molecular weight is 297 g/mol. The molecule has 0 spiro atoms. The van der Waals surface area contributed by atoms with Gasteiger partial charge in [-0.1, -0.05) is 18.9 Å². The number of likely N-dealkylation sites (tertiary alicyclic amines) is 1. The second-order valence-corrected chi connectivity index (χ2v) is 5.88. The van der Waals surface area contributed by atoms with Crippen LogP contribution in [0, 0.1) is 0 Å². The summed E-state index contributed by atoms with van der Waals surface area (Å²) in [6.45, 7) is 4.61. The van der Waals surface area contributed by atoms with Crippen LogP contribution in [-0.2, 0) is 6.54 Å². The van der Waals surface area contributed by atoms with Gasteiger partial charge in [-0.25, -0.2) is 0 Å². The average Bonchev–Trinajstić information content (AvgIpc) is 2.50. The Morgan fingerprint density at radius 2 is 2.18 bits per heavy atom. The van der Waals surface area contributed by atoms with Crippen LogP contribution in [0.1, 0.15) is 38.2 Å². The van der Waals surface area contributed by atoms with Crippen LogP contribution in [-0.4, -0.2) is 17.5 Å². The standard InChI is InChI=1S/C14H21BrN2/c1-11-5-3-2-4-8-17(11)10-12-6-7-14(16)13(15)9-12/h6-7,9,11H,2-5,8,10,16H2,1H3. The Labute approximate surface area is 112 Å². The fourth-order valence-electron chi connectivity index (χ4n) is 2.47. The van der Waals surface area contributed by atoms with Gasteiger partial charge in [0.25, 0.3) is 0 Å².